The van der Waals surface area contributed by atoms with Gasteiger partial charge >= 0.3 is 0 Å². The van der Waals surface area contributed by atoms with Gasteiger partial charge in [-0.25, -0.2) is 4.98 Å². The van der Waals surface area contributed by atoms with Crippen LogP contribution in [0.3, 0.4) is 0 Å². The molecule has 2 aromatic heterocycles. The summed E-state index contributed by atoms with van der Waals surface area (Å²) in [4.78, 5) is 16.6. The van der Waals surface area contributed by atoms with Gasteiger partial charge in [-0.2, -0.15) is 0 Å². The fourth-order valence-corrected chi connectivity index (χ4v) is 2.50. The lowest BCUT2D eigenvalue weighted by atomic mass is 10.3. The van der Waals surface area contributed by atoms with Crippen LogP contribution in [-0.2, 0) is 9.47 Å². The van der Waals surface area contributed by atoms with Crippen LogP contribution in [0.15, 0.2) is 12.3 Å². The van der Waals surface area contributed by atoms with E-state index in [1.54, 1.807) is 23.6 Å². The molecule has 0 atom stereocenters. The highest BCUT2D eigenvalue weighted by Crippen LogP contribution is 2.24. The van der Waals surface area contributed by atoms with E-state index < -0.39 is 6.29 Å². The number of nitrogens with one attached hydrogen (secondary N) is 1. The number of methoxy groups -OCH3 is 2. The monoisotopic (exact) mass is 331 g/mol. The van der Waals surface area contributed by atoms with Crippen molar-refractivity contribution in [2.45, 2.75) is 13.2 Å². The van der Waals surface area contributed by atoms with E-state index in [9.17, 15) is 4.79 Å². The standard InChI is InChI=1S/C13H15Cl2N3O3/c1-7-11(13(19)16-5-10(20-2)21-3)18-6-8(14)4-9(15)12(18)17-7/h4,6,10H,5H2,1-3H3,(H,16,19). The van der Waals surface area contributed by atoms with Crippen molar-refractivity contribution in [3.8, 4) is 0 Å². The molecule has 1 N–H and O–H groups in total. The number of hydrogen-bond donors (Lipinski definition) is 1. The first kappa shape index (κ1) is 16.0. The third-order valence-corrected chi connectivity index (χ3v) is 3.47. The summed E-state index contributed by atoms with van der Waals surface area (Å²) in [7, 11) is 3.00. The summed E-state index contributed by atoms with van der Waals surface area (Å²) >= 11 is 12.1. The van der Waals surface area contributed by atoms with Crippen molar-refractivity contribution in [3.05, 3.63) is 33.7 Å². The molecule has 0 radical (unpaired) electrons. The molecule has 0 fully saturated rings. The molecule has 0 aliphatic heterocycles. The molecule has 0 aliphatic carbocycles. The van der Waals surface area contributed by atoms with Gasteiger partial charge in [0.15, 0.2) is 11.9 Å². The molecule has 2 heterocycles. The smallest absolute Gasteiger partial charge is 0.270 e. The van der Waals surface area contributed by atoms with Crippen LogP contribution in [0, 0.1) is 6.92 Å². The van der Waals surface area contributed by atoms with Crippen LogP contribution < -0.4 is 5.32 Å². The number of halogens is 2. The number of hydrogen-bond acceptors (Lipinski definition) is 4. The molecule has 0 unspecified atom stereocenters. The van der Waals surface area contributed by atoms with Gasteiger partial charge in [0, 0.05) is 20.4 Å². The van der Waals surface area contributed by atoms with Crippen LogP contribution in [0.5, 0.6) is 0 Å². The average Bonchev–Trinajstić information content (AvgIpc) is 2.76. The van der Waals surface area contributed by atoms with Gasteiger partial charge in [-0.05, 0) is 13.0 Å². The summed E-state index contributed by atoms with van der Waals surface area (Å²) in [6.07, 6.45) is 1.09. The number of nitrogens with zero attached hydrogens (tertiary/aromatic N) is 2. The largest absolute Gasteiger partial charge is 0.354 e. The Balaban J connectivity index is 2.33. The predicted molar refractivity (Wildman–Crippen MR) is 80.1 cm³/mol. The molecule has 2 aromatic rings. The first-order valence-corrected chi connectivity index (χ1v) is 6.91. The second-order valence-electron chi connectivity index (χ2n) is 4.36. The third kappa shape index (κ3) is 3.29. The number of aryl methyl sites for hydroxylation is 1. The van der Waals surface area contributed by atoms with E-state index in [1.165, 1.54) is 14.2 Å². The summed E-state index contributed by atoms with van der Waals surface area (Å²) < 4.78 is 11.6. The maximum atomic E-state index is 12.3. The molecule has 6 nitrogen and oxygen atoms in total. The van der Waals surface area contributed by atoms with E-state index in [0.29, 0.717) is 27.1 Å². The highest BCUT2D eigenvalue weighted by Gasteiger charge is 2.19. The van der Waals surface area contributed by atoms with E-state index in [0.717, 1.165) is 0 Å². The van der Waals surface area contributed by atoms with Crippen molar-refractivity contribution in [2.24, 2.45) is 0 Å². The maximum absolute atomic E-state index is 12.3. The lowest BCUT2D eigenvalue weighted by molar-refractivity contribution is -0.0974. The van der Waals surface area contributed by atoms with Crippen molar-refractivity contribution in [2.75, 3.05) is 20.8 Å². The molecular weight excluding hydrogens is 317 g/mol. The Bertz CT molecular complexity index is 668. The third-order valence-electron chi connectivity index (χ3n) is 2.99. The minimum Gasteiger partial charge on any atom is -0.354 e. The summed E-state index contributed by atoms with van der Waals surface area (Å²) in [6.45, 7) is 1.95. The van der Waals surface area contributed by atoms with Gasteiger partial charge < -0.3 is 14.8 Å². The highest BCUT2D eigenvalue weighted by molar-refractivity contribution is 6.36. The van der Waals surface area contributed by atoms with Crippen LogP contribution in [0.25, 0.3) is 5.65 Å². The molecule has 0 bridgehead atoms. The van der Waals surface area contributed by atoms with E-state index >= 15 is 0 Å². The van der Waals surface area contributed by atoms with Crippen molar-refractivity contribution >= 4 is 34.8 Å². The SMILES string of the molecule is COC(CNC(=O)c1c(C)nc2c(Cl)cc(Cl)cn12)OC. The Kier molecular flexibility index (Phi) is 5.05. The summed E-state index contributed by atoms with van der Waals surface area (Å²) in [6, 6.07) is 1.58. The van der Waals surface area contributed by atoms with Crippen LogP contribution in [-0.4, -0.2) is 42.3 Å². The van der Waals surface area contributed by atoms with E-state index in [4.69, 9.17) is 32.7 Å². The first-order valence-electron chi connectivity index (χ1n) is 6.15. The number of imidazole rings is 1. The predicted octanol–water partition coefficient (Wildman–Crippen LogP) is 2.30. The Morgan fingerprint density at radius 3 is 2.71 bits per heavy atom. The number of carbonyl (C=O) groups is 1. The molecule has 114 valence electrons. The number of amides is 1. The van der Waals surface area contributed by atoms with Gasteiger partial charge in [0.1, 0.15) is 5.69 Å². The topological polar surface area (TPSA) is 64.9 Å². The number of ether oxygens (including phenoxy) is 2. The quantitative estimate of drug-likeness (QED) is 0.854. The van der Waals surface area contributed by atoms with E-state index in [2.05, 4.69) is 10.3 Å². The zero-order valence-corrected chi connectivity index (χ0v) is 13.3. The lowest BCUT2D eigenvalue weighted by Gasteiger charge is -2.14. The van der Waals surface area contributed by atoms with Crippen LogP contribution >= 0.6 is 23.2 Å². The minimum absolute atomic E-state index is 0.215. The number of fused-ring (bicyclic) bond motifs is 1. The highest BCUT2D eigenvalue weighted by atomic mass is 35.5. The van der Waals surface area contributed by atoms with Gasteiger partial charge in [-0.3, -0.25) is 9.20 Å². The molecule has 0 aliphatic rings. The number of aromatic nitrogens is 2. The molecule has 2 rings (SSSR count). The summed E-state index contributed by atoms with van der Waals surface area (Å²) in [5, 5.41) is 3.53. The van der Waals surface area contributed by atoms with Gasteiger partial charge in [0.2, 0.25) is 0 Å². The zero-order valence-electron chi connectivity index (χ0n) is 11.8. The van der Waals surface area contributed by atoms with Gasteiger partial charge in [0.25, 0.3) is 5.91 Å². The zero-order chi connectivity index (χ0) is 15.6. The fourth-order valence-electron chi connectivity index (χ4n) is 1.98. The van der Waals surface area contributed by atoms with E-state index in [-0.39, 0.29) is 12.5 Å². The van der Waals surface area contributed by atoms with Crippen LogP contribution in [0.1, 0.15) is 16.2 Å². The second kappa shape index (κ2) is 6.62. The van der Waals surface area contributed by atoms with Gasteiger partial charge in [-0.1, -0.05) is 23.2 Å². The summed E-state index contributed by atoms with van der Waals surface area (Å²) in [5.41, 5.74) is 1.42. The molecule has 8 heteroatoms. The molecule has 21 heavy (non-hydrogen) atoms. The molecule has 1 amide bonds. The molecule has 0 aromatic carbocycles. The minimum atomic E-state index is -0.513. The average molecular weight is 332 g/mol. The Morgan fingerprint density at radius 1 is 1.43 bits per heavy atom. The van der Waals surface area contributed by atoms with Crippen molar-refractivity contribution in [1.82, 2.24) is 14.7 Å². The Morgan fingerprint density at radius 2 is 2.10 bits per heavy atom. The molecular formula is C13H15Cl2N3O3. The van der Waals surface area contributed by atoms with Gasteiger partial charge in [-0.15, -0.1) is 0 Å². The summed E-state index contributed by atoms with van der Waals surface area (Å²) in [5.74, 6) is -0.308. The lowest BCUT2D eigenvalue weighted by Crippen LogP contribution is -2.35. The second-order valence-corrected chi connectivity index (χ2v) is 5.20. The number of rotatable bonds is 5. The maximum Gasteiger partial charge on any atom is 0.270 e. The Labute approximate surface area is 132 Å². The van der Waals surface area contributed by atoms with Crippen molar-refractivity contribution in [3.63, 3.8) is 0 Å². The first-order chi connectivity index (χ1) is 9.97. The molecule has 0 spiro atoms. The van der Waals surface area contributed by atoms with E-state index in [1.807, 2.05) is 0 Å². The van der Waals surface area contributed by atoms with Crippen LogP contribution in [0.4, 0.5) is 0 Å². The Hall–Kier alpha value is -1.34. The van der Waals surface area contributed by atoms with Crippen molar-refractivity contribution in [1.29, 1.82) is 0 Å². The fraction of sp³-hybridized carbons (Fsp3) is 0.385. The number of carbonyl (C=O) groups excluding carboxylic acids is 1. The molecule has 0 saturated carbocycles. The van der Waals surface area contributed by atoms with Crippen molar-refractivity contribution < 1.29 is 14.3 Å². The van der Waals surface area contributed by atoms with Crippen LogP contribution in [0.2, 0.25) is 10.0 Å². The normalized spacial score (nSPS) is 11.3. The van der Waals surface area contributed by atoms with Gasteiger partial charge in [0.05, 0.1) is 22.3 Å². The number of pyridine rings is 1. The molecule has 0 saturated heterocycles.